The Hall–Kier alpha value is -1.78. The van der Waals surface area contributed by atoms with Crippen molar-refractivity contribution in [2.75, 3.05) is 13.2 Å². The quantitative estimate of drug-likeness (QED) is 0.694. The third-order valence-electron chi connectivity index (χ3n) is 2.34. The van der Waals surface area contributed by atoms with Gasteiger partial charge in [0, 0.05) is 23.7 Å². The molecule has 2 aliphatic rings. The van der Waals surface area contributed by atoms with Crippen molar-refractivity contribution in [3.8, 4) is 0 Å². The van der Waals surface area contributed by atoms with Crippen molar-refractivity contribution in [2.45, 2.75) is 26.4 Å². The average molecular weight is 235 g/mol. The van der Waals surface area contributed by atoms with Gasteiger partial charge in [-0.25, -0.2) is 4.79 Å². The molecule has 0 bridgehead atoms. The summed E-state index contributed by atoms with van der Waals surface area (Å²) in [6.07, 6.45) is 5.07. The van der Waals surface area contributed by atoms with Crippen LogP contribution in [-0.4, -0.2) is 36.0 Å². The molecular formula is C12H17N3O2. The monoisotopic (exact) mass is 235 g/mol. The zero-order valence-electron chi connectivity index (χ0n) is 10.4. The van der Waals surface area contributed by atoms with Gasteiger partial charge in [-0.1, -0.05) is 0 Å². The van der Waals surface area contributed by atoms with E-state index >= 15 is 0 Å². The van der Waals surface area contributed by atoms with Gasteiger partial charge in [0.15, 0.2) is 0 Å². The molecule has 0 aliphatic carbocycles. The Morgan fingerprint density at radius 2 is 2.29 bits per heavy atom. The number of nitrogens with one attached hydrogen (secondary N) is 1. The van der Waals surface area contributed by atoms with Gasteiger partial charge < -0.3 is 10.1 Å². The zero-order valence-corrected chi connectivity index (χ0v) is 10.4. The van der Waals surface area contributed by atoms with E-state index in [1.54, 1.807) is 17.3 Å². The van der Waals surface area contributed by atoms with Crippen LogP contribution in [0.4, 0.5) is 4.79 Å². The molecule has 0 saturated heterocycles. The fourth-order valence-electron chi connectivity index (χ4n) is 1.61. The third kappa shape index (κ3) is 2.87. The molecule has 2 rings (SSSR count). The number of ether oxygens (including phenoxy) is 1. The minimum absolute atomic E-state index is 0.334. The summed E-state index contributed by atoms with van der Waals surface area (Å²) in [6.45, 7) is 6.65. The van der Waals surface area contributed by atoms with Crippen LogP contribution >= 0.6 is 0 Å². The molecule has 2 heterocycles. The van der Waals surface area contributed by atoms with Crippen LogP contribution in [0.25, 0.3) is 0 Å². The van der Waals surface area contributed by atoms with Gasteiger partial charge in [0.1, 0.15) is 12.3 Å². The van der Waals surface area contributed by atoms with Gasteiger partial charge in [-0.3, -0.25) is 9.89 Å². The number of hydrogen-bond acceptors (Lipinski definition) is 4. The van der Waals surface area contributed by atoms with Crippen molar-refractivity contribution in [3.05, 3.63) is 23.5 Å². The number of carbonyl (C=O) groups is 1. The minimum Gasteiger partial charge on any atom is -0.443 e. The van der Waals surface area contributed by atoms with E-state index < -0.39 is 5.60 Å². The van der Waals surface area contributed by atoms with Crippen LogP contribution in [0, 0.1) is 0 Å². The lowest BCUT2D eigenvalue weighted by Gasteiger charge is -2.29. The van der Waals surface area contributed by atoms with Crippen LogP contribution in [0.2, 0.25) is 0 Å². The fraction of sp³-hybridized carbons (Fsp3) is 0.500. The molecule has 1 N–H and O–H groups in total. The predicted molar refractivity (Wildman–Crippen MR) is 65.6 cm³/mol. The first kappa shape index (κ1) is 11.7. The number of carbonyl (C=O) groups excluding carboxylic acids is 1. The van der Waals surface area contributed by atoms with E-state index in [9.17, 15) is 4.79 Å². The maximum atomic E-state index is 11.9. The van der Waals surface area contributed by atoms with Crippen LogP contribution in [0.5, 0.6) is 0 Å². The molecule has 0 aromatic carbocycles. The summed E-state index contributed by atoms with van der Waals surface area (Å²) in [5, 5.41) is 3.14. The van der Waals surface area contributed by atoms with Crippen molar-refractivity contribution in [2.24, 2.45) is 4.99 Å². The van der Waals surface area contributed by atoms with Gasteiger partial charge in [0.2, 0.25) is 0 Å². The van der Waals surface area contributed by atoms with E-state index in [0.717, 1.165) is 11.3 Å². The van der Waals surface area contributed by atoms with Crippen molar-refractivity contribution in [1.82, 2.24) is 10.2 Å². The molecule has 0 aromatic rings. The van der Waals surface area contributed by atoms with E-state index in [0.29, 0.717) is 13.2 Å². The molecule has 0 fully saturated rings. The molecule has 0 radical (unpaired) electrons. The largest absolute Gasteiger partial charge is 0.443 e. The van der Waals surface area contributed by atoms with Crippen molar-refractivity contribution < 1.29 is 9.53 Å². The maximum Gasteiger partial charge on any atom is 0.414 e. The van der Waals surface area contributed by atoms with Gasteiger partial charge in [-0.15, -0.1) is 0 Å². The second kappa shape index (κ2) is 4.24. The first-order valence-electron chi connectivity index (χ1n) is 5.60. The van der Waals surface area contributed by atoms with Crippen LogP contribution in [0.3, 0.4) is 0 Å². The summed E-state index contributed by atoms with van der Waals surface area (Å²) in [7, 11) is 0. The van der Waals surface area contributed by atoms with Gasteiger partial charge in [-0.2, -0.15) is 0 Å². The van der Waals surface area contributed by atoms with Crippen molar-refractivity contribution in [3.63, 3.8) is 0 Å². The van der Waals surface area contributed by atoms with E-state index in [1.807, 2.05) is 26.8 Å². The second-order valence-corrected chi connectivity index (χ2v) is 5.01. The van der Waals surface area contributed by atoms with Crippen molar-refractivity contribution in [1.29, 1.82) is 0 Å². The highest BCUT2D eigenvalue weighted by atomic mass is 16.6. The van der Waals surface area contributed by atoms with E-state index in [4.69, 9.17) is 4.74 Å². The van der Waals surface area contributed by atoms with Gasteiger partial charge in [-0.05, 0) is 26.8 Å². The normalized spacial score (nSPS) is 18.9. The number of rotatable bonds is 0. The zero-order chi connectivity index (χ0) is 12.5. The number of amides is 1. The molecule has 92 valence electrons. The Bertz CT molecular complexity index is 416. The maximum absolute atomic E-state index is 11.9. The van der Waals surface area contributed by atoms with E-state index in [-0.39, 0.29) is 6.09 Å². The van der Waals surface area contributed by atoms with E-state index in [2.05, 4.69) is 10.3 Å². The first-order chi connectivity index (χ1) is 7.96. The molecule has 0 unspecified atom stereocenters. The molecule has 0 spiro atoms. The third-order valence-corrected chi connectivity index (χ3v) is 2.34. The van der Waals surface area contributed by atoms with Crippen LogP contribution in [0.15, 0.2) is 28.5 Å². The lowest BCUT2D eigenvalue weighted by Crippen LogP contribution is -2.38. The summed E-state index contributed by atoms with van der Waals surface area (Å²) in [5.74, 6) is 0. The number of aliphatic imine (C=N–C) groups is 1. The minimum atomic E-state index is -0.474. The van der Waals surface area contributed by atoms with Crippen LogP contribution < -0.4 is 5.32 Å². The highest BCUT2D eigenvalue weighted by Crippen LogP contribution is 2.17. The lowest BCUT2D eigenvalue weighted by atomic mass is 10.1. The van der Waals surface area contributed by atoms with Crippen LogP contribution in [0.1, 0.15) is 20.8 Å². The smallest absolute Gasteiger partial charge is 0.414 e. The average Bonchev–Trinajstić information content (AvgIpc) is 2.26. The second-order valence-electron chi connectivity index (χ2n) is 5.01. The Balaban J connectivity index is 2.03. The molecule has 0 atom stereocenters. The number of nitrogens with zero attached hydrogens (tertiary/aromatic N) is 2. The Morgan fingerprint density at radius 1 is 1.53 bits per heavy atom. The standard InChI is InChI=1S/C12H17N3O2/c1-12(2,3)17-11(16)15-5-4-10-9(7-15)6-13-8-14-10/h4-6,14H,7-8H2,1-3H3. The number of hydrogen-bond donors (Lipinski definition) is 1. The number of allylic oxidation sites excluding steroid dienone is 1. The Kier molecular flexibility index (Phi) is 2.92. The highest BCUT2D eigenvalue weighted by Gasteiger charge is 2.24. The Morgan fingerprint density at radius 3 is 3.00 bits per heavy atom. The summed E-state index contributed by atoms with van der Waals surface area (Å²) < 4.78 is 5.31. The molecule has 5 heteroatoms. The molecule has 0 saturated carbocycles. The predicted octanol–water partition coefficient (Wildman–Crippen LogP) is 1.64. The van der Waals surface area contributed by atoms with Crippen LogP contribution in [-0.2, 0) is 4.74 Å². The van der Waals surface area contributed by atoms with Crippen molar-refractivity contribution >= 4 is 12.3 Å². The molecule has 0 aromatic heterocycles. The topological polar surface area (TPSA) is 53.9 Å². The van der Waals surface area contributed by atoms with E-state index in [1.165, 1.54) is 0 Å². The lowest BCUT2D eigenvalue weighted by molar-refractivity contribution is 0.0347. The summed E-state index contributed by atoms with van der Waals surface area (Å²) in [5.41, 5.74) is 1.56. The summed E-state index contributed by atoms with van der Waals surface area (Å²) in [4.78, 5) is 17.5. The molecule has 2 aliphatic heterocycles. The van der Waals surface area contributed by atoms with Gasteiger partial charge in [0.25, 0.3) is 0 Å². The van der Waals surface area contributed by atoms with Gasteiger partial charge >= 0.3 is 6.09 Å². The fourth-order valence-corrected chi connectivity index (χ4v) is 1.61. The molecular weight excluding hydrogens is 218 g/mol. The molecule has 17 heavy (non-hydrogen) atoms. The Labute approximate surface area is 101 Å². The molecule has 5 nitrogen and oxygen atoms in total. The highest BCUT2D eigenvalue weighted by molar-refractivity contribution is 5.84. The summed E-state index contributed by atoms with van der Waals surface area (Å²) >= 11 is 0. The first-order valence-corrected chi connectivity index (χ1v) is 5.60. The molecule has 1 amide bonds. The summed E-state index contributed by atoms with van der Waals surface area (Å²) in [6, 6.07) is 0. The van der Waals surface area contributed by atoms with Gasteiger partial charge in [0.05, 0.1) is 6.54 Å². The SMILES string of the molecule is CC(C)(C)OC(=O)N1C=CC2=C(C=NCN2)C1.